The van der Waals surface area contributed by atoms with Crippen molar-refractivity contribution in [2.75, 3.05) is 5.32 Å². The van der Waals surface area contributed by atoms with Crippen molar-refractivity contribution in [3.05, 3.63) is 57.8 Å². The molecule has 0 fully saturated rings. The molecule has 0 saturated heterocycles. The fourth-order valence-electron chi connectivity index (χ4n) is 1.64. The van der Waals surface area contributed by atoms with Gasteiger partial charge in [0.25, 0.3) is 0 Å². The molecule has 2 rings (SSSR count). The van der Waals surface area contributed by atoms with E-state index in [0.717, 1.165) is 18.2 Å². The Labute approximate surface area is 126 Å². The molecule has 7 heteroatoms. The third kappa shape index (κ3) is 3.52. The summed E-state index contributed by atoms with van der Waals surface area (Å²) in [5.41, 5.74) is -0.563. The van der Waals surface area contributed by atoms with Crippen LogP contribution in [0.15, 0.2) is 40.9 Å². The summed E-state index contributed by atoms with van der Waals surface area (Å²) in [5, 5.41) is 11.3. The zero-order valence-corrected chi connectivity index (χ0v) is 11.9. The van der Waals surface area contributed by atoms with Crippen molar-refractivity contribution < 1.29 is 17.6 Å². The minimum atomic E-state index is -4.47. The van der Waals surface area contributed by atoms with Gasteiger partial charge in [0.1, 0.15) is 11.9 Å². The molecule has 0 heterocycles. The highest BCUT2D eigenvalue weighted by Gasteiger charge is 2.30. The Balaban J connectivity index is 2.35. The zero-order chi connectivity index (χ0) is 15.6. The van der Waals surface area contributed by atoms with Crippen molar-refractivity contribution in [2.45, 2.75) is 6.18 Å². The average Bonchev–Trinajstić information content (AvgIpc) is 2.40. The molecule has 0 aliphatic rings. The van der Waals surface area contributed by atoms with Crippen molar-refractivity contribution in [1.29, 1.82) is 5.26 Å². The Bertz CT molecular complexity index is 720. The van der Waals surface area contributed by atoms with E-state index in [2.05, 4.69) is 21.2 Å². The third-order valence-corrected chi connectivity index (χ3v) is 3.35. The van der Waals surface area contributed by atoms with Crippen molar-refractivity contribution >= 4 is 27.3 Å². The molecule has 0 saturated carbocycles. The van der Waals surface area contributed by atoms with Gasteiger partial charge in [-0.25, -0.2) is 4.39 Å². The maximum Gasteiger partial charge on any atom is 0.416 e. The molecule has 108 valence electrons. The fraction of sp³-hybridized carbons (Fsp3) is 0.0714. The minimum absolute atomic E-state index is 0.136. The van der Waals surface area contributed by atoms with Crippen LogP contribution >= 0.6 is 15.9 Å². The average molecular weight is 359 g/mol. The number of rotatable bonds is 2. The number of nitrogens with zero attached hydrogens (tertiary/aromatic N) is 1. The first-order chi connectivity index (χ1) is 9.81. The van der Waals surface area contributed by atoms with Crippen molar-refractivity contribution in [3.8, 4) is 6.07 Å². The molecule has 21 heavy (non-hydrogen) atoms. The van der Waals surface area contributed by atoms with Gasteiger partial charge >= 0.3 is 6.18 Å². The fourth-order valence-corrected chi connectivity index (χ4v) is 1.98. The number of anilines is 2. The molecule has 0 aliphatic heterocycles. The standard InChI is InChI=1S/C14H7BrF4N2/c15-11-4-2-9(14(17,18)19)5-13(11)21-10-3-1-8(7-20)12(16)6-10/h1-6,21H. The highest BCUT2D eigenvalue weighted by Crippen LogP contribution is 2.35. The summed E-state index contributed by atoms with van der Waals surface area (Å²) in [6.07, 6.45) is -4.47. The smallest absolute Gasteiger partial charge is 0.355 e. The predicted octanol–water partition coefficient (Wildman–Crippen LogP) is 5.22. The summed E-state index contributed by atoms with van der Waals surface area (Å²) in [5.74, 6) is -0.745. The van der Waals surface area contributed by atoms with Crippen LogP contribution in [-0.2, 0) is 6.18 Å². The quantitative estimate of drug-likeness (QED) is 0.746. The van der Waals surface area contributed by atoms with Crippen LogP contribution in [0.1, 0.15) is 11.1 Å². The molecule has 0 atom stereocenters. The molecule has 1 N–H and O–H groups in total. The van der Waals surface area contributed by atoms with Crippen LogP contribution in [0.25, 0.3) is 0 Å². The van der Waals surface area contributed by atoms with Gasteiger partial charge in [0.2, 0.25) is 0 Å². The monoisotopic (exact) mass is 358 g/mol. The third-order valence-electron chi connectivity index (χ3n) is 2.66. The molecular weight excluding hydrogens is 352 g/mol. The van der Waals surface area contributed by atoms with E-state index in [1.807, 2.05) is 0 Å². The predicted molar refractivity (Wildman–Crippen MR) is 73.5 cm³/mol. The summed E-state index contributed by atoms with van der Waals surface area (Å²) in [6, 6.07) is 8.48. The Kier molecular flexibility index (Phi) is 4.19. The van der Waals surface area contributed by atoms with Gasteiger partial charge in [-0.15, -0.1) is 0 Å². The molecule has 0 aliphatic carbocycles. The second-order valence-corrected chi connectivity index (χ2v) is 4.98. The topological polar surface area (TPSA) is 35.8 Å². The summed E-state index contributed by atoms with van der Waals surface area (Å²) in [7, 11) is 0. The number of halogens is 5. The normalized spacial score (nSPS) is 11.0. The van der Waals surface area contributed by atoms with E-state index in [4.69, 9.17) is 5.26 Å². The van der Waals surface area contributed by atoms with E-state index < -0.39 is 17.6 Å². The van der Waals surface area contributed by atoms with E-state index in [0.29, 0.717) is 4.47 Å². The maximum absolute atomic E-state index is 13.5. The molecule has 2 aromatic rings. The first-order valence-corrected chi connectivity index (χ1v) is 6.44. The number of nitrogens with one attached hydrogen (secondary N) is 1. The first kappa shape index (κ1) is 15.3. The Morgan fingerprint density at radius 1 is 1.10 bits per heavy atom. The van der Waals surface area contributed by atoms with E-state index >= 15 is 0 Å². The van der Waals surface area contributed by atoms with Crippen LogP contribution in [0.2, 0.25) is 0 Å². The lowest BCUT2D eigenvalue weighted by Crippen LogP contribution is -2.05. The van der Waals surface area contributed by atoms with Crippen LogP contribution in [0, 0.1) is 17.1 Å². The lowest BCUT2D eigenvalue weighted by atomic mass is 10.1. The minimum Gasteiger partial charge on any atom is -0.355 e. The second kappa shape index (κ2) is 5.74. The molecular formula is C14H7BrF4N2. The van der Waals surface area contributed by atoms with Gasteiger partial charge in [-0.2, -0.15) is 18.4 Å². The number of hydrogen-bond donors (Lipinski definition) is 1. The lowest BCUT2D eigenvalue weighted by Gasteiger charge is -2.13. The Hall–Kier alpha value is -2.07. The molecule has 0 aromatic heterocycles. The van der Waals surface area contributed by atoms with Crippen LogP contribution in [-0.4, -0.2) is 0 Å². The summed E-state index contributed by atoms with van der Waals surface area (Å²) in [6.45, 7) is 0. The summed E-state index contributed by atoms with van der Waals surface area (Å²) < 4.78 is 51.9. The molecule has 0 unspecified atom stereocenters. The van der Waals surface area contributed by atoms with Gasteiger partial charge in [-0.3, -0.25) is 0 Å². The van der Waals surface area contributed by atoms with Gasteiger partial charge in [0.05, 0.1) is 16.8 Å². The molecule has 0 bridgehead atoms. The SMILES string of the molecule is N#Cc1ccc(Nc2cc(C(F)(F)F)ccc2Br)cc1F. The number of alkyl halides is 3. The van der Waals surface area contributed by atoms with Crippen LogP contribution in [0.5, 0.6) is 0 Å². The highest BCUT2D eigenvalue weighted by molar-refractivity contribution is 9.10. The van der Waals surface area contributed by atoms with E-state index in [-0.39, 0.29) is 16.9 Å². The maximum atomic E-state index is 13.5. The van der Waals surface area contributed by atoms with E-state index in [1.165, 1.54) is 18.2 Å². The molecule has 2 aromatic carbocycles. The van der Waals surface area contributed by atoms with Gasteiger partial charge in [-0.1, -0.05) is 0 Å². The molecule has 0 radical (unpaired) electrons. The summed E-state index contributed by atoms with van der Waals surface area (Å²) in [4.78, 5) is 0. The zero-order valence-electron chi connectivity index (χ0n) is 10.3. The Morgan fingerprint density at radius 2 is 1.81 bits per heavy atom. The van der Waals surface area contributed by atoms with Gasteiger partial charge in [0, 0.05) is 10.2 Å². The molecule has 0 spiro atoms. The van der Waals surface area contributed by atoms with Gasteiger partial charge in [0.15, 0.2) is 0 Å². The molecule has 0 amide bonds. The van der Waals surface area contributed by atoms with Crippen LogP contribution in [0.4, 0.5) is 28.9 Å². The van der Waals surface area contributed by atoms with Crippen molar-refractivity contribution in [3.63, 3.8) is 0 Å². The summed E-state index contributed by atoms with van der Waals surface area (Å²) >= 11 is 3.13. The van der Waals surface area contributed by atoms with Gasteiger partial charge in [-0.05, 0) is 52.3 Å². The van der Waals surface area contributed by atoms with Crippen LogP contribution < -0.4 is 5.32 Å². The van der Waals surface area contributed by atoms with Crippen molar-refractivity contribution in [1.82, 2.24) is 0 Å². The van der Waals surface area contributed by atoms with E-state index in [1.54, 1.807) is 6.07 Å². The Morgan fingerprint density at radius 3 is 2.38 bits per heavy atom. The van der Waals surface area contributed by atoms with Gasteiger partial charge < -0.3 is 5.32 Å². The number of hydrogen-bond acceptors (Lipinski definition) is 2. The van der Waals surface area contributed by atoms with E-state index in [9.17, 15) is 17.6 Å². The number of benzene rings is 2. The van der Waals surface area contributed by atoms with Crippen molar-refractivity contribution in [2.24, 2.45) is 0 Å². The molecule has 2 nitrogen and oxygen atoms in total. The second-order valence-electron chi connectivity index (χ2n) is 4.12. The van der Waals surface area contributed by atoms with Crippen LogP contribution in [0.3, 0.4) is 0 Å². The largest absolute Gasteiger partial charge is 0.416 e. The first-order valence-electron chi connectivity index (χ1n) is 5.64. The highest BCUT2D eigenvalue weighted by atomic mass is 79.9. The number of nitriles is 1. The lowest BCUT2D eigenvalue weighted by molar-refractivity contribution is -0.137.